The van der Waals surface area contributed by atoms with Crippen molar-refractivity contribution in [2.45, 2.75) is 39.2 Å². The second-order valence-electron chi connectivity index (χ2n) is 9.13. The molecule has 1 aliphatic carbocycles. The maximum atomic E-state index is 12.7. The van der Waals surface area contributed by atoms with Crippen molar-refractivity contribution in [3.05, 3.63) is 71.8 Å². The molecule has 0 heterocycles. The van der Waals surface area contributed by atoms with Gasteiger partial charge in [0.25, 0.3) is 0 Å². The monoisotopic (exact) mass is 475 g/mol. The fourth-order valence-electron chi connectivity index (χ4n) is 4.86. The van der Waals surface area contributed by atoms with E-state index in [1.165, 1.54) is 4.90 Å². The molecule has 0 saturated heterocycles. The van der Waals surface area contributed by atoms with Crippen molar-refractivity contribution in [1.82, 2.24) is 4.90 Å². The number of carboxylic acids is 2. The van der Waals surface area contributed by atoms with E-state index in [-0.39, 0.29) is 25.3 Å². The van der Waals surface area contributed by atoms with Crippen molar-refractivity contribution < 1.29 is 29.3 Å². The molecule has 182 valence electrons. The van der Waals surface area contributed by atoms with Crippen LogP contribution in [0.15, 0.2) is 60.7 Å². The molecule has 0 radical (unpaired) electrons. The third-order valence-electron chi connectivity index (χ3n) is 6.78. The SMILES string of the molecule is CCOC(=O)N(Cc1ccc2cc(-c3ccc(C(=O)O)cc3)ccc2c1)CC1(C(=O)O)CCCC1. The number of benzene rings is 3. The van der Waals surface area contributed by atoms with Gasteiger partial charge in [-0.05, 0) is 71.5 Å². The van der Waals surface area contributed by atoms with Gasteiger partial charge < -0.3 is 19.8 Å². The molecule has 0 unspecified atom stereocenters. The van der Waals surface area contributed by atoms with Gasteiger partial charge in [0.1, 0.15) is 0 Å². The van der Waals surface area contributed by atoms with E-state index in [0.717, 1.165) is 40.3 Å². The predicted octanol–water partition coefficient (Wildman–Crippen LogP) is 5.81. The summed E-state index contributed by atoms with van der Waals surface area (Å²) >= 11 is 0. The number of carbonyl (C=O) groups is 3. The highest BCUT2D eigenvalue weighted by Gasteiger charge is 2.43. The lowest BCUT2D eigenvalue weighted by atomic mass is 9.85. The van der Waals surface area contributed by atoms with E-state index in [0.29, 0.717) is 12.8 Å². The first-order chi connectivity index (χ1) is 16.8. The lowest BCUT2D eigenvalue weighted by Crippen LogP contribution is -2.44. The van der Waals surface area contributed by atoms with Crippen molar-refractivity contribution in [1.29, 1.82) is 0 Å². The zero-order chi connectivity index (χ0) is 25.0. The second-order valence-corrected chi connectivity index (χ2v) is 9.13. The summed E-state index contributed by atoms with van der Waals surface area (Å²) in [6.07, 6.45) is 2.32. The third kappa shape index (κ3) is 5.29. The largest absolute Gasteiger partial charge is 0.481 e. The van der Waals surface area contributed by atoms with Gasteiger partial charge in [-0.15, -0.1) is 0 Å². The van der Waals surface area contributed by atoms with Crippen molar-refractivity contribution in [3.63, 3.8) is 0 Å². The minimum atomic E-state index is -0.957. The second kappa shape index (κ2) is 10.2. The summed E-state index contributed by atoms with van der Waals surface area (Å²) in [5.41, 5.74) is 2.11. The van der Waals surface area contributed by atoms with Gasteiger partial charge in [0.2, 0.25) is 0 Å². The highest BCUT2D eigenvalue weighted by atomic mass is 16.6. The van der Waals surface area contributed by atoms with Crippen molar-refractivity contribution in [3.8, 4) is 11.1 Å². The van der Waals surface area contributed by atoms with E-state index in [2.05, 4.69) is 0 Å². The summed E-state index contributed by atoms with van der Waals surface area (Å²) in [7, 11) is 0. The van der Waals surface area contributed by atoms with Crippen LogP contribution in [-0.2, 0) is 16.1 Å². The molecule has 2 N–H and O–H groups in total. The summed E-state index contributed by atoms with van der Waals surface area (Å²) in [6, 6.07) is 18.7. The Bertz CT molecular complexity index is 1240. The van der Waals surface area contributed by atoms with Crippen LogP contribution in [-0.4, -0.2) is 46.3 Å². The minimum Gasteiger partial charge on any atom is -0.481 e. The first-order valence-corrected chi connectivity index (χ1v) is 11.8. The van der Waals surface area contributed by atoms with Gasteiger partial charge in [-0.1, -0.05) is 49.2 Å². The van der Waals surface area contributed by atoms with E-state index < -0.39 is 23.4 Å². The number of fused-ring (bicyclic) bond motifs is 1. The van der Waals surface area contributed by atoms with Crippen LogP contribution in [0.4, 0.5) is 4.79 Å². The first-order valence-electron chi connectivity index (χ1n) is 11.8. The van der Waals surface area contributed by atoms with Crippen molar-refractivity contribution in [2.75, 3.05) is 13.2 Å². The normalized spacial score (nSPS) is 14.5. The molecule has 35 heavy (non-hydrogen) atoms. The van der Waals surface area contributed by atoms with Crippen LogP contribution in [0.5, 0.6) is 0 Å². The van der Waals surface area contributed by atoms with E-state index in [1.54, 1.807) is 31.2 Å². The van der Waals surface area contributed by atoms with Crippen LogP contribution in [0.25, 0.3) is 21.9 Å². The number of carboxylic acid groups (broad SMARTS) is 2. The van der Waals surface area contributed by atoms with Crippen LogP contribution in [0.3, 0.4) is 0 Å². The Hall–Kier alpha value is -3.87. The predicted molar refractivity (Wildman–Crippen MR) is 132 cm³/mol. The molecule has 1 aliphatic rings. The molecule has 7 heteroatoms. The van der Waals surface area contributed by atoms with E-state index in [1.807, 2.05) is 36.4 Å². The van der Waals surface area contributed by atoms with Crippen LogP contribution in [0.1, 0.15) is 48.5 Å². The summed E-state index contributed by atoms with van der Waals surface area (Å²) < 4.78 is 5.24. The number of ether oxygens (including phenoxy) is 1. The highest BCUT2D eigenvalue weighted by molar-refractivity contribution is 5.90. The molecule has 1 amide bonds. The molecule has 4 rings (SSSR count). The van der Waals surface area contributed by atoms with Gasteiger partial charge in [0.15, 0.2) is 0 Å². The van der Waals surface area contributed by atoms with Crippen molar-refractivity contribution >= 4 is 28.8 Å². The average Bonchev–Trinajstić information content (AvgIpc) is 3.33. The average molecular weight is 476 g/mol. The van der Waals surface area contributed by atoms with Crippen LogP contribution in [0, 0.1) is 5.41 Å². The number of nitrogens with zero attached hydrogens (tertiary/aromatic N) is 1. The maximum Gasteiger partial charge on any atom is 0.410 e. The molecular formula is C28H29NO6. The molecule has 3 aromatic rings. The maximum absolute atomic E-state index is 12.7. The van der Waals surface area contributed by atoms with E-state index in [9.17, 15) is 19.5 Å². The van der Waals surface area contributed by atoms with Gasteiger partial charge in [-0.25, -0.2) is 9.59 Å². The number of aromatic carboxylic acids is 1. The Morgan fingerprint density at radius 1 is 0.886 bits per heavy atom. The summed E-state index contributed by atoms with van der Waals surface area (Å²) in [5.74, 6) is -1.81. The molecule has 0 bridgehead atoms. The summed E-state index contributed by atoms with van der Waals surface area (Å²) in [6.45, 7) is 2.36. The Labute approximate surface area is 203 Å². The quantitative estimate of drug-likeness (QED) is 0.426. The molecule has 0 aliphatic heterocycles. The zero-order valence-electron chi connectivity index (χ0n) is 19.7. The molecule has 0 aromatic heterocycles. The van der Waals surface area contributed by atoms with Gasteiger partial charge in [0, 0.05) is 13.1 Å². The number of amides is 1. The minimum absolute atomic E-state index is 0.129. The van der Waals surface area contributed by atoms with Gasteiger partial charge >= 0.3 is 18.0 Å². The van der Waals surface area contributed by atoms with Crippen molar-refractivity contribution in [2.24, 2.45) is 5.41 Å². The Morgan fingerprint density at radius 3 is 2.14 bits per heavy atom. The number of aliphatic carboxylic acids is 1. The van der Waals surface area contributed by atoms with E-state index >= 15 is 0 Å². The molecule has 7 nitrogen and oxygen atoms in total. The summed E-state index contributed by atoms with van der Waals surface area (Å²) in [5, 5.41) is 21.0. The number of hydrogen-bond acceptors (Lipinski definition) is 4. The fourth-order valence-corrected chi connectivity index (χ4v) is 4.86. The Morgan fingerprint density at radius 2 is 1.51 bits per heavy atom. The van der Waals surface area contributed by atoms with Crippen LogP contribution >= 0.6 is 0 Å². The van der Waals surface area contributed by atoms with Crippen LogP contribution < -0.4 is 0 Å². The standard InChI is InChI=1S/C28H29NO6/c1-2-35-27(34)29(18-28(26(32)33)13-3-4-14-28)17-19-5-6-24-16-23(12-11-22(24)15-19)20-7-9-21(10-8-20)25(30)31/h5-12,15-16H,2-4,13-14,17-18H2,1H3,(H,30,31)(H,32,33). The van der Waals surface area contributed by atoms with Gasteiger partial charge in [-0.3, -0.25) is 4.79 Å². The Kier molecular flexibility index (Phi) is 7.05. The zero-order valence-corrected chi connectivity index (χ0v) is 19.7. The number of rotatable bonds is 8. The summed E-state index contributed by atoms with van der Waals surface area (Å²) in [4.78, 5) is 37.4. The smallest absolute Gasteiger partial charge is 0.410 e. The highest BCUT2D eigenvalue weighted by Crippen LogP contribution is 2.39. The molecule has 1 fully saturated rings. The molecule has 3 aromatic carbocycles. The van der Waals surface area contributed by atoms with Gasteiger partial charge in [0.05, 0.1) is 17.6 Å². The van der Waals surface area contributed by atoms with E-state index in [4.69, 9.17) is 9.84 Å². The molecule has 0 spiro atoms. The third-order valence-corrected chi connectivity index (χ3v) is 6.78. The molecular weight excluding hydrogens is 446 g/mol. The number of carbonyl (C=O) groups excluding carboxylic acids is 1. The molecule has 1 saturated carbocycles. The fraction of sp³-hybridized carbons (Fsp3) is 0.321. The number of hydrogen-bond donors (Lipinski definition) is 2. The Balaban J connectivity index is 1.57. The molecule has 0 atom stereocenters. The topological polar surface area (TPSA) is 104 Å². The van der Waals surface area contributed by atoms with Crippen LogP contribution in [0.2, 0.25) is 0 Å². The lowest BCUT2D eigenvalue weighted by Gasteiger charge is -2.31. The first kappa shape index (κ1) is 24.3. The lowest BCUT2D eigenvalue weighted by molar-refractivity contribution is -0.149. The van der Waals surface area contributed by atoms with Gasteiger partial charge in [-0.2, -0.15) is 0 Å².